The van der Waals surface area contributed by atoms with E-state index in [2.05, 4.69) is 15.0 Å². The number of aromatic nitrogens is 1. The van der Waals surface area contributed by atoms with Crippen LogP contribution in [0.2, 0.25) is 0 Å². The van der Waals surface area contributed by atoms with Crippen LogP contribution in [0.15, 0.2) is 42.6 Å². The number of hydrogen-bond donors (Lipinski definition) is 2. The molecular formula is C17H21N3O3S. The number of benzene rings is 1. The minimum atomic E-state index is -0.652. The molecule has 2 amide bonds. The molecule has 0 spiro atoms. The number of carbonyl (C=O) groups is 2. The van der Waals surface area contributed by atoms with Crippen molar-refractivity contribution in [2.24, 2.45) is 5.92 Å². The van der Waals surface area contributed by atoms with Gasteiger partial charge in [0.1, 0.15) is 12.6 Å². The van der Waals surface area contributed by atoms with Crippen molar-refractivity contribution in [2.75, 3.05) is 0 Å². The highest BCUT2D eigenvalue weighted by Gasteiger charge is 2.24. The van der Waals surface area contributed by atoms with E-state index >= 15 is 0 Å². The van der Waals surface area contributed by atoms with Gasteiger partial charge < -0.3 is 15.4 Å². The molecule has 2 N–H and O–H groups in total. The summed E-state index contributed by atoms with van der Waals surface area (Å²) in [4.78, 5) is 25.2. The number of amides is 2. The van der Waals surface area contributed by atoms with Gasteiger partial charge in [-0.25, -0.2) is 9.17 Å². The van der Waals surface area contributed by atoms with Gasteiger partial charge >= 0.3 is 6.09 Å². The summed E-state index contributed by atoms with van der Waals surface area (Å²) in [7, 11) is 0. The Labute approximate surface area is 145 Å². The van der Waals surface area contributed by atoms with Crippen molar-refractivity contribution in [1.82, 2.24) is 15.0 Å². The number of ether oxygens (including phenoxy) is 1. The number of nitrogens with one attached hydrogen (secondary N) is 2. The third kappa shape index (κ3) is 5.66. The lowest BCUT2D eigenvalue weighted by atomic mass is 10.0. The summed E-state index contributed by atoms with van der Waals surface area (Å²) < 4.78 is 9.15. The SMILES string of the molecule is CC(C)[C@H](NC(=O)OCc1ccccc1)C(=O)NCc1ccns1. The predicted octanol–water partition coefficient (Wildman–Crippen LogP) is 2.71. The molecule has 0 saturated heterocycles. The smallest absolute Gasteiger partial charge is 0.408 e. The van der Waals surface area contributed by atoms with Crippen LogP contribution in [0, 0.1) is 5.92 Å². The molecular weight excluding hydrogens is 326 g/mol. The molecule has 24 heavy (non-hydrogen) atoms. The summed E-state index contributed by atoms with van der Waals surface area (Å²) in [6.07, 6.45) is 1.08. The van der Waals surface area contributed by atoms with Gasteiger partial charge in [0, 0.05) is 11.1 Å². The third-order valence-electron chi connectivity index (χ3n) is 3.36. The second-order valence-electron chi connectivity index (χ2n) is 5.62. The Morgan fingerprint density at radius 1 is 1.21 bits per heavy atom. The van der Waals surface area contributed by atoms with Crippen molar-refractivity contribution in [3.05, 3.63) is 53.0 Å². The molecule has 6 nitrogen and oxygen atoms in total. The van der Waals surface area contributed by atoms with E-state index in [0.29, 0.717) is 6.54 Å². The van der Waals surface area contributed by atoms with E-state index in [-0.39, 0.29) is 18.4 Å². The van der Waals surface area contributed by atoms with E-state index in [4.69, 9.17) is 4.74 Å². The maximum Gasteiger partial charge on any atom is 0.408 e. The highest BCUT2D eigenvalue weighted by Crippen LogP contribution is 2.07. The normalized spacial score (nSPS) is 11.8. The number of carbonyl (C=O) groups excluding carboxylic acids is 2. The van der Waals surface area contributed by atoms with Gasteiger partial charge in [-0.1, -0.05) is 44.2 Å². The Bertz CT molecular complexity index is 644. The van der Waals surface area contributed by atoms with Crippen LogP contribution in [0.5, 0.6) is 0 Å². The summed E-state index contributed by atoms with van der Waals surface area (Å²) in [5, 5.41) is 5.44. The van der Waals surface area contributed by atoms with Crippen LogP contribution in [-0.4, -0.2) is 22.4 Å². The molecule has 2 rings (SSSR count). The van der Waals surface area contributed by atoms with Gasteiger partial charge in [0.25, 0.3) is 0 Å². The average molecular weight is 347 g/mol. The second kappa shape index (κ2) is 9.02. The van der Waals surface area contributed by atoms with Gasteiger partial charge in [-0.3, -0.25) is 4.79 Å². The third-order valence-corrected chi connectivity index (χ3v) is 4.11. The van der Waals surface area contributed by atoms with Crippen molar-refractivity contribution in [1.29, 1.82) is 0 Å². The summed E-state index contributed by atoms with van der Waals surface area (Å²) in [5.74, 6) is -0.300. The van der Waals surface area contributed by atoms with Gasteiger partial charge in [0.2, 0.25) is 5.91 Å². The summed E-state index contributed by atoms with van der Waals surface area (Å²) in [5.41, 5.74) is 0.892. The topological polar surface area (TPSA) is 80.3 Å². The van der Waals surface area contributed by atoms with E-state index in [9.17, 15) is 9.59 Å². The first-order chi connectivity index (χ1) is 11.6. The first kappa shape index (κ1) is 17.9. The van der Waals surface area contributed by atoms with Crippen LogP contribution in [0.3, 0.4) is 0 Å². The van der Waals surface area contributed by atoms with Gasteiger partial charge in [0.15, 0.2) is 0 Å². The number of hydrogen-bond acceptors (Lipinski definition) is 5. The quantitative estimate of drug-likeness (QED) is 0.807. The van der Waals surface area contributed by atoms with Crippen LogP contribution in [-0.2, 0) is 22.7 Å². The minimum Gasteiger partial charge on any atom is -0.445 e. The first-order valence-corrected chi connectivity index (χ1v) is 8.48. The second-order valence-corrected chi connectivity index (χ2v) is 6.54. The van der Waals surface area contributed by atoms with Crippen LogP contribution in [0.1, 0.15) is 24.3 Å². The Morgan fingerprint density at radius 2 is 1.96 bits per heavy atom. The first-order valence-electron chi connectivity index (χ1n) is 7.70. The number of rotatable bonds is 7. The van der Waals surface area contributed by atoms with Crippen molar-refractivity contribution in [2.45, 2.75) is 33.0 Å². The molecule has 1 aromatic heterocycles. The molecule has 1 heterocycles. The molecule has 1 atom stereocenters. The highest BCUT2D eigenvalue weighted by atomic mass is 32.1. The Morgan fingerprint density at radius 3 is 2.58 bits per heavy atom. The van der Waals surface area contributed by atoms with E-state index in [1.807, 2.05) is 50.2 Å². The van der Waals surface area contributed by atoms with E-state index in [0.717, 1.165) is 10.4 Å². The highest BCUT2D eigenvalue weighted by molar-refractivity contribution is 7.05. The summed E-state index contributed by atoms with van der Waals surface area (Å²) in [6, 6.07) is 10.6. The zero-order valence-electron chi connectivity index (χ0n) is 13.7. The van der Waals surface area contributed by atoms with E-state index in [1.54, 1.807) is 6.20 Å². The predicted molar refractivity (Wildman–Crippen MR) is 92.3 cm³/mol. The maximum atomic E-state index is 12.3. The fourth-order valence-electron chi connectivity index (χ4n) is 2.04. The van der Waals surface area contributed by atoms with Crippen LogP contribution in [0.4, 0.5) is 4.79 Å². The molecule has 2 aromatic rings. The van der Waals surface area contributed by atoms with Crippen LogP contribution in [0.25, 0.3) is 0 Å². The molecule has 1 aromatic carbocycles. The molecule has 0 aliphatic rings. The Kier molecular flexibility index (Phi) is 6.74. The molecule has 0 radical (unpaired) electrons. The number of nitrogens with zero attached hydrogens (tertiary/aromatic N) is 1. The lowest BCUT2D eigenvalue weighted by Gasteiger charge is -2.21. The van der Waals surface area contributed by atoms with Crippen LogP contribution < -0.4 is 10.6 Å². The molecule has 0 aliphatic heterocycles. The lowest BCUT2D eigenvalue weighted by Crippen LogP contribution is -2.49. The van der Waals surface area contributed by atoms with Crippen molar-refractivity contribution >= 4 is 23.5 Å². The molecule has 0 fully saturated rings. The zero-order valence-corrected chi connectivity index (χ0v) is 14.5. The molecule has 0 saturated carbocycles. The van der Waals surface area contributed by atoms with Crippen molar-refractivity contribution in [3.8, 4) is 0 Å². The largest absolute Gasteiger partial charge is 0.445 e. The molecule has 0 bridgehead atoms. The monoisotopic (exact) mass is 347 g/mol. The molecule has 0 unspecified atom stereocenters. The summed E-state index contributed by atoms with van der Waals surface area (Å²) in [6.45, 7) is 4.30. The fourth-order valence-corrected chi connectivity index (χ4v) is 2.56. The molecule has 128 valence electrons. The van der Waals surface area contributed by atoms with Gasteiger partial charge in [-0.15, -0.1) is 0 Å². The zero-order chi connectivity index (χ0) is 17.4. The van der Waals surface area contributed by atoms with Gasteiger partial charge in [-0.2, -0.15) is 0 Å². The lowest BCUT2D eigenvalue weighted by molar-refractivity contribution is -0.124. The van der Waals surface area contributed by atoms with E-state index in [1.165, 1.54) is 11.5 Å². The summed E-state index contributed by atoms with van der Waals surface area (Å²) >= 11 is 1.33. The standard InChI is InChI=1S/C17H21N3O3S/c1-12(2)15(16(21)18-10-14-8-9-19-24-14)20-17(22)23-11-13-6-4-3-5-7-13/h3-9,12,15H,10-11H2,1-2H3,(H,18,21)(H,20,22)/t15-/m0/s1. The van der Waals surface area contributed by atoms with Gasteiger partial charge in [-0.05, 0) is 29.1 Å². The van der Waals surface area contributed by atoms with Crippen molar-refractivity contribution < 1.29 is 14.3 Å². The molecule has 7 heteroatoms. The average Bonchev–Trinajstić information content (AvgIpc) is 3.10. The molecule has 0 aliphatic carbocycles. The Hall–Kier alpha value is -2.41. The minimum absolute atomic E-state index is 0.0595. The fraction of sp³-hybridized carbons (Fsp3) is 0.353. The maximum absolute atomic E-state index is 12.3. The van der Waals surface area contributed by atoms with Crippen LogP contribution >= 0.6 is 11.5 Å². The van der Waals surface area contributed by atoms with E-state index < -0.39 is 12.1 Å². The van der Waals surface area contributed by atoms with Crippen molar-refractivity contribution in [3.63, 3.8) is 0 Å². The Balaban J connectivity index is 1.83. The van der Waals surface area contributed by atoms with Gasteiger partial charge in [0.05, 0.1) is 6.54 Å². The number of alkyl carbamates (subject to hydrolysis) is 1.